The molecule has 29 heavy (non-hydrogen) atoms. The van der Waals surface area contributed by atoms with Crippen LogP contribution >= 0.6 is 0 Å². The Kier molecular flexibility index (Phi) is 5.59. The third kappa shape index (κ3) is 4.40. The third-order valence-electron chi connectivity index (χ3n) is 4.44. The molecule has 0 atom stereocenters. The highest BCUT2D eigenvalue weighted by molar-refractivity contribution is 6.06. The molecule has 1 heterocycles. The fourth-order valence-electron chi connectivity index (χ4n) is 3.00. The molecule has 1 aliphatic rings. The van der Waals surface area contributed by atoms with Crippen LogP contribution in [0.2, 0.25) is 0 Å². The van der Waals surface area contributed by atoms with Crippen LogP contribution in [-0.4, -0.2) is 37.1 Å². The summed E-state index contributed by atoms with van der Waals surface area (Å²) in [7, 11) is 0. The minimum absolute atomic E-state index is 0.0350. The van der Waals surface area contributed by atoms with Crippen molar-refractivity contribution in [2.24, 2.45) is 0 Å². The summed E-state index contributed by atoms with van der Waals surface area (Å²) in [5.41, 5.74) is 3.69. The number of nitrogens with one attached hydrogen (secondary N) is 1. The Morgan fingerprint density at radius 1 is 1.21 bits per heavy atom. The highest BCUT2D eigenvalue weighted by Gasteiger charge is 2.36. The summed E-state index contributed by atoms with van der Waals surface area (Å²) < 4.78 is 46.0. The molecule has 0 bridgehead atoms. The summed E-state index contributed by atoms with van der Waals surface area (Å²) in [5.74, 6) is -0.865. The van der Waals surface area contributed by atoms with Gasteiger partial charge >= 0.3 is 6.18 Å². The molecule has 1 aliphatic heterocycles. The van der Waals surface area contributed by atoms with E-state index < -0.39 is 28.3 Å². The summed E-state index contributed by atoms with van der Waals surface area (Å²) in [4.78, 5) is 24.3. The monoisotopic (exact) mass is 410 g/mol. The molecule has 0 unspecified atom stereocenters. The maximum atomic E-state index is 13.6. The second kappa shape index (κ2) is 7.95. The first kappa shape index (κ1) is 20.4. The predicted octanol–water partition coefficient (Wildman–Crippen LogP) is 3.28. The van der Waals surface area contributed by atoms with E-state index in [0.717, 1.165) is 12.1 Å². The Balaban J connectivity index is 1.92. The van der Waals surface area contributed by atoms with Crippen molar-refractivity contribution in [1.82, 2.24) is 0 Å². The number of nitrogens with two attached hydrogens (primary N) is 1. The first-order valence-electron chi connectivity index (χ1n) is 8.56. The Morgan fingerprint density at radius 3 is 2.52 bits per heavy atom. The SMILES string of the molecule is Nc1c(NC(=O)c2ccc(N3CCOCC3)c(C(F)(F)F)c2)cccc1[N+](=O)[O-]. The van der Waals surface area contributed by atoms with E-state index in [1.807, 2.05) is 0 Å². The van der Waals surface area contributed by atoms with Gasteiger partial charge in [-0.05, 0) is 24.3 Å². The van der Waals surface area contributed by atoms with Gasteiger partial charge in [-0.25, -0.2) is 0 Å². The van der Waals surface area contributed by atoms with E-state index in [2.05, 4.69) is 5.32 Å². The van der Waals surface area contributed by atoms with Crippen LogP contribution < -0.4 is 16.0 Å². The topological polar surface area (TPSA) is 111 Å². The summed E-state index contributed by atoms with van der Waals surface area (Å²) in [5, 5.41) is 13.3. The highest BCUT2D eigenvalue weighted by Crippen LogP contribution is 2.38. The van der Waals surface area contributed by atoms with Crippen LogP contribution in [0.3, 0.4) is 0 Å². The molecule has 3 N–H and O–H groups in total. The zero-order valence-corrected chi connectivity index (χ0v) is 15.0. The molecule has 154 valence electrons. The Morgan fingerprint density at radius 2 is 1.90 bits per heavy atom. The summed E-state index contributed by atoms with van der Waals surface area (Å²) >= 11 is 0. The van der Waals surface area contributed by atoms with Crippen molar-refractivity contribution in [3.8, 4) is 0 Å². The highest BCUT2D eigenvalue weighted by atomic mass is 19.4. The fourth-order valence-corrected chi connectivity index (χ4v) is 3.00. The van der Waals surface area contributed by atoms with Crippen LogP contribution in [0.5, 0.6) is 0 Å². The first-order valence-corrected chi connectivity index (χ1v) is 8.56. The van der Waals surface area contributed by atoms with Crippen molar-refractivity contribution >= 4 is 28.7 Å². The second-order valence-electron chi connectivity index (χ2n) is 6.28. The Bertz CT molecular complexity index is 943. The van der Waals surface area contributed by atoms with E-state index in [1.54, 1.807) is 4.90 Å². The fraction of sp³-hybridized carbons (Fsp3) is 0.278. The molecule has 3 rings (SSSR count). The van der Waals surface area contributed by atoms with Crippen LogP contribution in [0.15, 0.2) is 36.4 Å². The predicted molar refractivity (Wildman–Crippen MR) is 99.9 cm³/mol. The van der Waals surface area contributed by atoms with Crippen molar-refractivity contribution in [3.05, 3.63) is 57.6 Å². The van der Waals surface area contributed by atoms with E-state index in [-0.39, 0.29) is 22.6 Å². The van der Waals surface area contributed by atoms with Crippen molar-refractivity contribution in [3.63, 3.8) is 0 Å². The number of nitrogen functional groups attached to an aromatic ring is 1. The number of hydrogen-bond acceptors (Lipinski definition) is 6. The smallest absolute Gasteiger partial charge is 0.391 e. The lowest BCUT2D eigenvalue weighted by Gasteiger charge is -2.31. The molecule has 1 saturated heterocycles. The van der Waals surface area contributed by atoms with Crippen molar-refractivity contribution in [2.45, 2.75) is 6.18 Å². The molecule has 0 radical (unpaired) electrons. The van der Waals surface area contributed by atoms with E-state index in [9.17, 15) is 28.1 Å². The molecule has 8 nitrogen and oxygen atoms in total. The first-order chi connectivity index (χ1) is 13.7. The number of morpholine rings is 1. The molecule has 1 fully saturated rings. The number of carbonyl (C=O) groups is 1. The van der Waals surface area contributed by atoms with Crippen LogP contribution in [0.4, 0.5) is 35.9 Å². The van der Waals surface area contributed by atoms with E-state index in [1.165, 1.54) is 24.3 Å². The number of nitrogens with zero attached hydrogens (tertiary/aromatic N) is 2. The van der Waals surface area contributed by atoms with Gasteiger partial charge in [-0.15, -0.1) is 0 Å². The molecule has 2 aromatic rings. The molecule has 0 saturated carbocycles. The van der Waals surface area contributed by atoms with Gasteiger partial charge in [-0.1, -0.05) is 6.07 Å². The second-order valence-corrected chi connectivity index (χ2v) is 6.28. The molecule has 0 aliphatic carbocycles. The molecular weight excluding hydrogens is 393 g/mol. The number of para-hydroxylation sites is 1. The van der Waals surface area contributed by atoms with Gasteiger partial charge in [0.2, 0.25) is 0 Å². The number of nitro benzene ring substituents is 1. The van der Waals surface area contributed by atoms with Gasteiger partial charge in [0.25, 0.3) is 11.6 Å². The number of carbonyl (C=O) groups excluding carboxylic acids is 1. The lowest BCUT2D eigenvalue weighted by atomic mass is 10.1. The molecule has 0 spiro atoms. The van der Waals surface area contributed by atoms with Crippen LogP contribution in [0.1, 0.15) is 15.9 Å². The zero-order chi connectivity index (χ0) is 21.2. The normalized spacial score (nSPS) is 14.5. The quantitative estimate of drug-likeness (QED) is 0.455. The van der Waals surface area contributed by atoms with Crippen LogP contribution in [-0.2, 0) is 10.9 Å². The number of amides is 1. The number of nitro groups is 1. The van der Waals surface area contributed by atoms with Crippen molar-refractivity contribution < 1.29 is 27.6 Å². The minimum atomic E-state index is -4.67. The summed E-state index contributed by atoms with van der Waals surface area (Å²) in [6, 6.07) is 7.06. The minimum Gasteiger partial charge on any atom is -0.391 e. The van der Waals surface area contributed by atoms with E-state index in [0.29, 0.717) is 26.3 Å². The number of halogens is 3. The van der Waals surface area contributed by atoms with Crippen LogP contribution in [0, 0.1) is 10.1 Å². The van der Waals surface area contributed by atoms with Gasteiger partial charge in [0.05, 0.1) is 29.4 Å². The lowest BCUT2D eigenvalue weighted by Crippen LogP contribution is -2.37. The average molecular weight is 410 g/mol. The third-order valence-corrected chi connectivity index (χ3v) is 4.44. The molecule has 11 heteroatoms. The maximum absolute atomic E-state index is 13.6. The Labute approximate surface area is 163 Å². The van der Waals surface area contributed by atoms with Gasteiger partial charge in [-0.2, -0.15) is 13.2 Å². The summed E-state index contributed by atoms with van der Waals surface area (Å²) in [6.45, 7) is 1.23. The molecule has 2 aromatic carbocycles. The number of ether oxygens (including phenoxy) is 1. The van der Waals surface area contributed by atoms with Crippen LogP contribution in [0.25, 0.3) is 0 Å². The molecule has 0 aromatic heterocycles. The number of hydrogen-bond donors (Lipinski definition) is 2. The largest absolute Gasteiger partial charge is 0.418 e. The zero-order valence-electron chi connectivity index (χ0n) is 15.0. The van der Waals surface area contributed by atoms with E-state index >= 15 is 0 Å². The maximum Gasteiger partial charge on any atom is 0.418 e. The molecular formula is C18H17F3N4O4. The van der Waals surface area contributed by atoms with Crippen molar-refractivity contribution in [1.29, 1.82) is 0 Å². The standard InChI is InChI=1S/C18H17F3N4O4/c19-18(20,21)12-10-11(4-5-14(12)24-6-8-29-9-7-24)17(26)23-13-2-1-3-15(16(13)22)25(27)28/h1-5,10H,6-9,22H2,(H,23,26). The average Bonchev–Trinajstić information content (AvgIpc) is 2.69. The number of anilines is 3. The number of alkyl halides is 3. The van der Waals surface area contributed by atoms with Gasteiger partial charge < -0.3 is 20.7 Å². The van der Waals surface area contributed by atoms with Gasteiger partial charge in [0, 0.05) is 30.4 Å². The van der Waals surface area contributed by atoms with Gasteiger partial charge in [0.15, 0.2) is 0 Å². The Hall–Kier alpha value is -3.34. The van der Waals surface area contributed by atoms with Gasteiger partial charge in [-0.3, -0.25) is 14.9 Å². The lowest BCUT2D eigenvalue weighted by molar-refractivity contribution is -0.383. The van der Waals surface area contributed by atoms with Gasteiger partial charge in [0.1, 0.15) is 5.69 Å². The van der Waals surface area contributed by atoms with E-state index in [4.69, 9.17) is 10.5 Å². The number of rotatable bonds is 4. The van der Waals surface area contributed by atoms with Crippen molar-refractivity contribution in [2.75, 3.05) is 42.3 Å². The summed E-state index contributed by atoms with van der Waals surface area (Å²) in [6.07, 6.45) is -4.67. The number of benzene rings is 2. The molecule has 1 amide bonds.